The van der Waals surface area contributed by atoms with E-state index >= 15 is 0 Å². The lowest BCUT2D eigenvalue weighted by Crippen LogP contribution is -2.14. The number of hydrogen-bond donors (Lipinski definition) is 0. The van der Waals surface area contributed by atoms with E-state index in [1.807, 2.05) is 0 Å². The lowest BCUT2D eigenvalue weighted by atomic mass is 9.84. The Hall–Kier alpha value is -2.81. The molecule has 158 valence electrons. The lowest BCUT2D eigenvalue weighted by Gasteiger charge is -2.25. The van der Waals surface area contributed by atoms with Gasteiger partial charge in [0.15, 0.2) is 5.75 Å². The van der Waals surface area contributed by atoms with Gasteiger partial charge in [-0.15, -0.1) is 0 Å². The van der Waals surface area contributed by atoms with Gasteiger partial charge in [-0.1, -0.05) is 30.9 Å². The Morgan fingerprint density at radius 1 is 1.13 bits per heavy atom. The van der Waals surface area contributed by atoms with Crippen LogP contribution in [0.15, 0.2) is 18.3 Å². The first-order valence-corrected chi connectivity index (χ1v) is 9.76. The Kier molecular flexibility index (Phi) is 5.55. The molecule has 6 nitrogen and oxygen atoms in total. The zero-order chi connectivity index (χ0) is 21.4. The van der Waals surface area contributed by atoms with Gasteiger partial charge in [-0.2, -0.15) is 5.10 Å². The van der Waals surface area contributed by atoms with E-state index in [0.29, 0.717) is 17.8 Å². The maximum absolute atomic E-state index is 14.7. The summed E-state index contributed by atoms with van der Waals surface area (Å²) in [6, 6.07) is 1.19. The van der Waals surface area contributed by atoms with Crippen LogP contribution in [0, 0.1) is 17.5 Å². The number of halogens is 4. The number of hydrogen-bond acceptors (Lipinski definition) is 5. The Balaban J connectivity index is 2.00. The molecule has 1 aliphatic carbocycles. The predicted molar refractivity (Wildman–Crippen MR) is 102 cm³/mol. The quantitative estimate of drug-likeness (QED) is 0.389. The maximum atomic E-state index is 14.7. The van der Waals surface area contributed by atoms with Crippen molar-refractivity contribution in [3.63, 3.8) is 0 Å². The SMILES string of the molecule is COC(=O)Oc1cnn2c(C3CCCCC3)c(-c3c(F)cc(F)cc3F)c(Cl)nc12. The van der Waals surface area contributed by atoms with E-state index in [2.05, 4.69) is 14.8 Å². The molecule has 30 heavy (non-hydrogen) atoms. The van der Waals surface area contributed by atoms with Crippen molar-refractivity contribution < 1.29 is 27.4 Å². The molecule has 2 aromatic heterocycles. The first-order valence-electron chi connectivity index (χ1n) is 9.38. The molecular weight excluding hydrogens is 423 g/mol. The van der Waals surface area contributed by atoms with Crippen molar-refractivity contribution >= 4 is 23.4 Å². The summed E-state index contributed by atoms with van der Waals surface area (Å²) in [7, 11) is 1.15. The molecule has 1 aliphatic rings. The van der Waals surface area contributed by atoms with Crippen LogP contribution >= 0.6 is 11.6 Å². The van der Waals surface area contributed by atoms with Gasteiger partial charge in [0, 0.05) is 23.6 Å². The van der Waals surface area contributed by atoms with Crippen molar-refractivity contribution in [3.05, 3.63) is 46.6 Å². The Morgan fingerprint density at radius 2 is 1.80 bits per heavy atom. The molecule has 0 aliphatic heterocycles. The van der Waals surface area contributed by atoms with E-state index in [1.165, 1.54) is 10.7 Å². The summed E-state index contributed by atoms with van der Waals surface area (Å²) in [5.41, 5.74) is 0.0903. The minimum atomic E-state index is -1.09. The zero-order valence-corrected chi connectivity index (χ0v) is 16.7. The van der Waals surface area contributed by atoms with Crippen molar-refractivity contribution in [1.29, 1.82) is 0 Å². The number of rotatable bonds is 3. The number of fused-ring (bicyclic) bond motifs is 1. The molecule has 0 unspecified atom stereocenters. The highest BCUT2D eigenvalue weighted by Gasteiger charge is 2.30. The summed E-state index contributed by atoms with van der Waals surface area (Å²) in [6.45, 7) is 0. The average molecular weight is 440 g/mol. The molecule has 0 atom stereocenters. The second-order valence-corrected chi connectivity index (χ2v) is 7.40. The fraction of sp³-hybridized carbons (Fsp3) is 0.350. The van der Waals surface area contributed by atoms with E-state index < -0.39 is 29.2 Å². The summed E-state index contributed by atoms with van der Waals surface area (Å²) >= 11 is 6.39. The Labute approximate surface area is 174 Å². The van der Waals surface area contributed by atoms with Gasteiger partial charge in [0.05, 0.1) is 24.6 Å². The van der Waals surface area contributed by atoms with E-state index in [1.54, 1.807) is 0 Å². The van der Waals surface area contributed by atoms with Crippen molar-refractivity contribution in [2.45, 2.75) is 38.0 Å². The predicted octanol–water partition coefficient (Wildman–Crippen LogP) is 5.66. The van der Waals surface area contributed by atoms with Crippen LogP contribution in [0.25, 0.3) is 16.8 Å². The van der Waals surface area contributed by atoms with Crippen LogP contribution in [0.5, 0.6) is 5.75 Å². The average Bonchev–Trinajstić information content (AvgIpc) is 3.10. The third-order valence-electron chi connectivity index (χ3n) is 5.21. The van der Waals surface area contributed by atoms with E-state index in [0.717, 1.165) is 39.2 Å². The molecule has 3 aromatic rings. The van der Waals surface area contributed by atoms with E-state index in [4.69, 9.17) is 16.3 Å². The third-order valence-corrected chi connectivity index (χ3v) is 5.49. The molecule has 0 amide bonds. The van der Waals surface area contributed by atoms with Crippen molar-refractivity contribution in [3.8, 4) is 16.9 Å². The number of carbonyl (C=O) groups is 1. The van der Waals surface area contributed by atoms with Gasteiger partial charge in [0.1, 0.15) is 22.6 Å². The molecule has 2 heterocycles. The topological polar surface area (TPSA) is 65.7 Å². The summed E-state index contributed by atoms with van der Waals surface area (Å²) in [5, 5.41) is 4.02. The Bertz CT molecular complexity index is 1110. The van der Waals surface area contributed by atoms with Gasteiger partial charge in [0.2, 0.25) is 5.65 Å². The number of ether oxygens (including phenoxy) is 2. The van der Waals surface area contributed by atoms with E-state index in [-0.39, 0.29) is 28.0 Å². The third kappa shape index (κ3) is 3.58. The van der Waals surface area contributed by atoms with Crippen LogP contribution in [0.1, 0.15) is 43.7 Å². The largest absolute Gasteiger partial charge is 0.513 e. The van der Waals surface area contributed by atoms with Crippen molar-refractivity contribution in [2.24, 2.45) is 0 Å². The highest BCUT2D eigenvalue weighted by Crippen LogP contribution is 2.43. The van der Waals surface area contributed by atoms with E-state index in [9.17, 15) is 18.0 Å². The molecule has 1 aromatic carbocycles. The summed E-state index contributed by atoms with van der Waals surface area (Å²) in [4.78, 5) is 15.7. The number of methoxy groups -OCH3 is 1. The highest BCUT2D eigenvalue weighted by atomic mass is 35.5. The highest BCUT2D eigenvalue weighted by molar-refractivity contribution is 6.32. The van der Waals surface area contributed by atoms with Crippen molar-refractivity contribution in [1.82, 2.24) is 14.6 Å². The summed E-state index contributed by atoms with van der Waals surface area (Å²) < 4.78 is 53.7. The van der Waals surface area contributed by atoms with Gasteiger partial charge in [-0.25, -0.2) is 27.5 Å². The molecule has 10 heteroatoms. The lowest BCUT2D eigenvalue weighted by molar-refractivity contribution is 0.122. The second kappa shape index (κ2) is 8.14. The minimum Gasteiger partial charge on any atom is -0.437 e. The molecule has 0 saturated heterocycles. The molecule has 0 radical (unpaired) electrons. The van der Waals surface area contributed by atoms with Crippen LogP contribution in [0.4, 0.5) is 18.0 Å². The number of aromatic nitrogens is 3. The molecule has 0 spiro atoms. The molecule has 1 fully saturated rings. The summed E-state index contributed by atoms with van der Waals surface area (Å²) in [6.07, 6.45) is 4.67. The molecule has 1 saturated carbocycles. The summed E-state index contributed by atoms with van der Waals surface area (Å²) in [5.74, 6) is -3.35. The van der Waals surface area contributed by atoms with Crippen LogP contribution < -0.4 is 4.74 Å². The first kappa shape index (κ1) is 20.5. The van der Waals surface area contributed by atoms with Crippen LogP contribution in [0.2, 0.25) is 5.15 Å². The van der Waals surface area contributed by atoms with Gasteiger partial charge < -0.3 is 9.47 Å². The maximum Gasteiger partial charge on any atom is 0.513 e. The number of carbonyl (C=O) groups excluding carboxylic acids is 1. The normalized spacial score (nSPS) is 14.8. The first-order chi connectivity index (χ1) is 14.4. The minimum absolute atomic E-state index is 0.00703. The standard InChI is InChI=1S/C20H17ClF3N3O3/c1-29-20(28)30-14-9-25-27-17(10-5-3-2-4-6-10)16(18(21)26-19(14)27)15-12(23)7-11(22)8-13(15)24/h7-10H,2-6H2,1H3. The monoisotopic (exact) mass is 439 g/mol. The fourth-order valence-electron chi connectivity index (χ4n) is 3.93. The zero-order valence-electron chi connectivity index (χ0n) is 15.9. The molecule has 4 rings (SSSR count). The molecule has 0 bridgehead atoms. The van der Waals surface area contributed by atoms with Gasteiger partial charge in [-0.3, -0.25) is 0 Å². The molecule has 0 N–H and O–H groups in total. The smallest absolute Gasteiger partial charge is 0.437 e. The van der Waals surface area contributed by atoms with Crippen LogP contribution in [-0.2, 0) is 4.74 Å². The fourth-order valence-corrected chi connectivity index (χ4v) is 4.21. The second-order valence-electron chi connectivity index (χ2n) is 7.04. The molecular formula is C20H17ClF3N3O3. The van der Waals surface area contributed by atoms with Gasteiger partial charge >= 0.3 is 6.16 Å². The van der Waals surface area contributed by atoms with Gasteiger partial charge in [-0.05, 0) is 12.8 Å². The number of nitrogens with zero attached hydrogens (tertiary/aromatic N) is 3. The number of benzene rings is 1. The Morgan fingerprint density at radius 3 is 2.43 bits per heavy atom. The van der Waals surface area contributed by atoms with Crippen LogP contribution in [-0.4, -0.2) is 27.9 Å². The van der Waals surface area contributed by atoms with Crippen LogP contribution in [0.3, 0.4) is 0 Å². The van der Waals surface area contributed by atoms with Gasteiger partial charge in [0.25, 0.3) is 0 Å². The van der Waals surface area contributed by atoms with Crippen molar-refractivity contribution in [2.75, 3.05) is 7.11 Å².